The first-order valence-electron chi connectivity index (χ1n) is 8.73. The van der Waals surface area contributed by atoms with Crippen molar-refractivity contribution in [1.29, 1.82) is 0 Å². The molecule has 1 N–H and O–H groups in total. The van der Waals surface area contributed by atoms with E-state index >= 15 is 0 Å². The van der Waals surface area contributed by atoms with Gasteiger partial charge in [0, 0.05) is 31.6 Å². The summed E-state index contributed by atoms with van der Waals surface area (Å²) in [7, 11) is 0. The highest BCUT2D eigenvalue weighted by molar-refractivity contribution is 5.78. The summed E-state index contributed by atoms with van der Waals surface area (Å²) in [6, 6.07) is 1.20. The molecular formula is C17H28N2O. The summed E-state index contributed by atoms with van der Waals surface area (Å²) in [5, 5.41) is 3.92. The molecule has 3 nitrogen and oxygen atoms in total. The Kier molecular flexibility index (Phi) is 3.29. The van der Waals surface area contributed by atoms with E-state index in [0.29, 0.717) is 11.9 Å². The third-order valence-corrected chi connectivity index (χ3v) is 6.37. The highest BCUT2D eigenvalue weighted by atomic mass is 16.2. The van der Waals surface area contributed by atoms with Crippen LogP contribution < -0.4 is 5.32 Å². The third-order valence-electron chi connectivity index (χ3n) is 6.37. The van der Waals surface area contributed by atoms with Gasteiger partial charge in [-0.15, -0.1) is 0 Å². The zero-order valence-electron chi connectivity index (χ0n) is 12.7. The normalized spacial score (nSPS) is 44.4. The molecule has 20 heavy (non-hydrogen) atoms. The lowest BCUT2D eigenvalue weighted by Crippen LogP contribution is -2.57. The maximum Gasteiger partial charge on any atom is 0.222 e. The second-order valence-electron chi connectivity index (χ2n) is 7.97. The Morgan fingerprint density at radius 1 is 1.15 bits per heavy atom. The number of amides is 1. The van der Waals surface area contributed by atoms with Crippen LogP contribution in [0, 0.1) is 23.7 Å². The Morgan fingerprint density at radius 2 is 1.80 bits per heavy atom. The van der Waals surface area contributed by atoms with Crippen LogP contribution in [-0.2, 0) is 4.79 Å². The van der Waals surface area contributed by atoms with Crippen molar-refractivity contribution >= 4 is 5.91 Å². The molecule has 0 aromatic heterocycles. The standard InChI is InChI=1S/C17H28N2O/c1-11(10-19-4-2-3-16(19)20)18-17-14-6-12-5-13(8-14)9-15(17)7-12/h11-15,17-18H,2-10H2,1H3. The van der Waals surface area contributed by atoms with Gasteiger partial charge in [-0.25, -0.2) is 0 Å². The van der Waals surface area contributed by atoms with Crippen LogP contribution in [0.5, 0.6) is 0 Å². The first-order chi connectivity index (χ1) is 9.69. The predicted octanol–water partition coefficient (Wildman–Crippen LogP) is 2.41. The van der Waals surface area contributed by atoms with Crippen molar-refractivity contribution in [2.24, 2.45) is 23.7 Å². The monoisotopic (exact) mass is 276 g/mol. The minimum atomic E-state index is 0.365. The second kappa shape index (κ2) is 5.01. The van der Waals surface area contributed by atoms with Gasteiger partial charge in [-0.3, -0.25) is 4.79 Å². The van der Waals surface area contributed by atoms with Crippen molar-refractivity contribution in [1.82, 2.24) is 10.2 Å². The van der Waals surface area contributed by atoms with Crippen molar-refractivity contribution in [2.45, 2.75) is 64.0 Å². The fraction of sp³-hybridized carbons (Fsp3) is 0.941. The number of rotatable bonds is 4. The lowest BCUT2D eigenvalue weighted by Gasteiger charge is -2.55. The first-order valence-corrected chi connectivity index (χ1v) is 8.73. The van der Waals surface area contributed by atoms with E-state index in [9.17, 15) is 4.79 Å². The van der Waals surface area contributed by atoms with Gasteiger partial charge in [0.2, 0.25) is 5.91 Å². The Labute approximate surface area is 122 Å². The fourth-order valence-electron chi connectivity index (χ4n) is 5.81. The summed E-state index contributed by atoms with van der Waals surface area (Å²) >= 11 is 0. The molecule has 1 heterocycles. The van der Waals surface area contributed by atoms with Crippen LogP contribution in [-0.4, -0.2) is 36.0 Å². The van der Waals surface area contributed by atoms with Crippen LogP contribution in [0.25, 0.3) is 0 Å². The maximum atomic E-state index is 11.7. The molecule has 3 heteroatoms. The molecule has 1 unspecified atom stereocenters. The Balaban J connectivity index is 1.35. The molecular weight excluding hydrogens is 248 g/mol. The maximum absolute atomic E-state index is 11.7. The van der Waals surface area contributed by atoms with E-state index in [2.05, 4.69) is 17.1 Å². The molecule has 1 saturated heterocycles. The zero-order chi connectivity index (χ0) is 13.7. The molecule has 5 aliphatic rings. The smallest absolute Gasteiger partial charge is 0.222 e. The Bertz CT molecular complexity index is 366. The largest absolute Gasteiger partial charge is 0.341 e. The van der Waals surface area contributed by atoms with E-state index in [4.69, 9.17) is 0 Å². The van der Waals surface area contributed by atoms with Gasteiger partial charge >= 0.3 is 0 Å². The average molecular weight is 276 g/mol. The van der Waals surface area contributed by atoms with Crippen LogP contribution in [0.2, 0.25) is 0 Å². The van der Waals surface area contributed by atoms with Crippen LogP contribution in [0.4, 0.5) is 0 Å². The number of hydrogen-bond acceptors (Lipinski definition) is 2. The molecule has 5 rings (SSSR count). The van der Waals surface area contributed by atoms with Crippen molar-refractivity contribution in [2.75, 3.05) is 13.1 Å². The van der Waals surface area contributed by atoms with Crippen molar-refractivity contribution in [3.05, 3.63) is 0 Å². The third kappa shape index (κ3) is 2.28. The summed E-state index contributed by atoms with van der Waals surface area (Å²) in [6.45, 7) is 4.17. The topological polar surface area (TPSA) is 32.3 Å². The molecule has 4 bridgehead atoms. The molecule has 5 fully saturated rings. The molecule has 0 radical (unpaired) electrons. The molecule has 0 spiro atoms. The minimum absolute atomic E-state index is 0.365. The molecule has 1 amide bonds. The van der Waals surface area contributed by atoms with E-state index in [1.807, 2.05) is 0 Å². The molecule has 1 aliphatic heterocycles. The molecule has 0 aromatic rings. The van der Waals surface area contributed by atoms with E-state index in [-0.39, 0.29) is 0 Å². The van der Waals surface area contributed by atoms with Crippen molar-refractivity contribution in [3.8, 4) is 0 Å². The van der Waals surface area contributed by atoms with Crippen LogP contribution >= 0.6 is 0 Å². The Morgan fingerprint density at radius 3 is 2.35 bits per heavy atom. The second-order valence-corrected chi connectivity index (χ2v) is 7.97. The van der Waals surface area contributed by atoms with Gasteiger partial charge in [0.25, 0.3) is 0 Å². The Hall–Kier alpha value is -0.570. The minimum Gasteiger partial charge on any atom is -0.341 e. The fourth-order valence-corrected chi connectivity index (χ4v) is 5.81. The average Bonchev–Trinajstić information content (AvgIpc) is 2.79. The van der Waals surface area contributed by atoms with Crippen molar-refractivity contribution < 1.29 is 4.79 Å². The molecule has 4 saturated carbocycles. The summed E-state index contributed by atoms with van der Waals surface area (Å²) in [5.41, 5.74) is 0. The molecule has 4 aliphatic carbocycles. The highest BCUT2D eigenvalue weighted by Crippen LogP contribution is 2.53. The number of carbonyl (C=O) groups excluding carboxylic acids is 1. The van der Waals surface area contributed by atoms with Gasteiger partial charge in [0.05, 0.1) is 0 Å². The quantitative estimate of drug-likeness (QED) is 0.855. The zero-order valence-corrected chi connectivity index (χ0v) is 12.7. The predicted molar refractivity (Wildman–Crippen MR) is 79.2 cm³/mol. The summed E-state index contributed by atoms with van der Waals surface area (Å²) in [4.78, 5) is 13.8. The number of nitrogens with one attached hydrogen (secondary N) is 1. The number of likely N-dealkylation sites (tertiary alicyclic amines) is 1. The molecule has 1 atom stereocenters. The number of hydrogen-bond donors (Lipinski definition) is 1. The highest BCUT2D eigenvalue weighted by Gasteiger charge is 2.48. The number of carbonyl (C=O) groups is 1. The lowest BCUT2D eigenvalue weighted by molar-refractivity contribution is -0.128. The van der Waals surface area contributed by atoms with Gasteiger partial charge in [-0.2, -0.15) is 0 Å². The van der Waals surface area contributed by atoms with Crippen LogP contribution in [0.3, 0.4) is 0 Å². The summed E-state index contributed by atoms with van der Waals surface area (Å²) < 4.78 is 0. The summed E-state index contributed by atoms with van der Waals surface area (Å²) in [6.07, 6.45) is 9.24. The van der Waals surface area contributed by atoms with Gasteiger partial charge in [0.15, 0.2) is 0 Å². The van der Waals surface area contributed by atoms with Crippen molar-refractivity contribution in [3.63, 3.8) is 0 Å². The lowest BCUT2D eigenvalue weighted by atomic mass is 9.54. The van der Waals surface area contributed by atoms with Gasteiger partial charge in [-0.1, -0.05) is 0 Å². The first kappa shape index (κ1) is 13.1. The van der Waals surface area contributed by atoms with Gasteiger partial charge in [0.1, 0.15) is 0 Å². The summed E-state index contributed by atoms with van der Waals surface area (Å²) in [5.74, 6) is 4.33. The van der Waals surface area contributed by atoms with Gasteiger partial charge < -0.3 is 10.2 Å². The molecule has 112 valence electrons. The SMILES string of the molecule is CC(CN1CCCC1=O)NC1C2CC3CC(C2)CC1C3. The van der Waals surface area contributed by atoms with E-state index < -0.39 is 0 Å². The van der Waals surface area contributed by atoms with Crippen LogP contribution in [0.1, 0.15) is 51.9 Å². The number of nitrogens with zero attached hydrogens (tertiary/aromatic N) is 1. The van der Waals surface area contributed by atoms with E-state index in [1.54, 1.807) is 0 Å². The van der Waals surface area contributed by atoms with E-state index in [0.717, 1.165) is 55.6 Å². The molecule has 0 aromatic carbocycles. The van der Waals surface area contributed by atoms with E-state index in [1.165, 1.54) is 32.1 Å². The van der Waals surface area contributed by atoms with Gasteiger partial charge in [-0.05, 0) is 69.1 Å². The van der Waals surface area contributed by atoms with Crippen LogP contribution in [0.15, 0.2) is 0 Å².